The average Bonchev–Trinajstić information content (AvgIpc) is 2.59. The fourth-order valence-electron chi connectivity index (χ4n) is 3.28. The molecule has 1 nitrogen and oxygen atoms in total. The molecular formula is C21H38OS. The number of aliphatic hydroxyl groups is 1. The van der Waals surface area contributed by atoms with Gasteiger partial charge in [0.2, 0.25) is 0 Å². The Bertz CT molecular complexity index is 299. The second-order valence-corrected chi connectivity index (χ2v) is 8.15. The molecule has 1 fully saturated rings. The molecule has 0 heterocycles. The summed E-state index contributed by atoms with van der Waals surface area (Å²) in [4.78, 5) is 0. The lowest BCUT2D eigenvalue weighted by atomic mass is 9.90. The number of thioether (sulfide) groups is 1. The standard InChI is InChI=1S/C21H38OS/c22-18-20-23-19-14-9-7-5-3-1-2-4-6-8-11-15-21-16-12-10-13-17-21/h21-22H,1-10,12-14,16-20H2. The van der Waals surface area contributed by atoms with Crippen molar-refractivity contribution in [3.05, 3.63) is 0 Å². The SMILES string of the molecule is OCCSCCCCCCCCCCCC#CC1CCCCC1. The minimum absolute atomic E-state index is 0.330. The maximum absolute atomic E-state index is 8.69. The van der Waals surface area contributed by atoms with E-state index in [1.54, 1.807) is 0 Å². The largest absolute Gasteiger partial charge is 0.396 e. The molecule has 2 heteroatoms. The minimum Gasteiger partial charge on any atom is -0.396 e. The van der Waals surface area contributed by atoms with Crippen molar-refractivity contribution in [2.75, 3.05) is 18.1 Å². The van der Waals surface area contributed by atoms with Crippen LogP contribution in [-0.2, 0) is 0 Å². The summed E-state index contributed by atoms with van der Waals surface area (Å²) in [5.41, 5.74) is 0. The van der Waals surface area contributed by atoms with E-state index in [1.165, 1.54) is 95.6 Å². The second kappa shape index (κ2) is 16.7. The first-order chi connectivity index (χ1) is 11.4. The normalized spacial score (nSPS) is 15.3. The van der Waals surface area contributed by atoms with Crippen LogP contribution >= 0.6 is 11.8 Å². The Kier molecular flexibility index (Phi) is 15.2. The van der Waals surface area contributed by atoms with E-state index in [2.05, 4.69) is 11.8 Å². The molecule has 1 rings (SSSR count). The van der Waals surface area contributed by atoms with Crippen molar-refractivity contribution < 1.29 is 5.11 Å². The van der Waals surface area contributed by atoms with Crippen LogP contribution in [0.5, 0.6) is 0 Å². The van der Waals surface area contributed by atoms with Crippen LogP contribution in [0.2, 0.25) is 0 Å². The summed E-state index contributed by atoms with van der Waals surface area (Å²) in [6.07, 6.45) is 20.5. The number of hydrogen-bond acceptors (Lipinski definition) is 2. The van der Waals surface area contributed by atoms with Gasteiger partial charge in [-0.2, -0.15) is 11.8 Å². The van der Waals surface area contributed by atoms with Crippen molar-refractivity contribution in [2.24, 2.45) is 5.92 Å². The molecule has 1 N–H and O–H groups in total. The van der Waals surface area contributed by atoms with Gasteiger partial charge in [0, 0.05) is 18.1 Å². The first-order valence-corrected chi connectivity index (χ1v) is 11.3. The highest BCUT2D eigenvalue weighted by Crippen LogP contribution is 2.22. The lowest BCUT2D eigenvalue weighted by molar-refractivity contribution is 0.322. The van der Waals surface area contributed by atoms with Crippen LogP contribution < -0.4 is 0 Å². The maximum Gasteiger partial charge on any atom is 0.0521 e. The maximum atomic E-state index is 8.69. The Balaban J connectivity index is 1.74. The van der Waals surface area contributed by atoms with Gasteiger partial charge in [0.05, 0.1) is 6.61 Å². The fraction of sp³-hybridized carbons (Fsp3) is 0.905. The molecule has 0 aliphatic heterocycles. The zero-order valence-electron chi connectivity index (χ0n) is 15.2. The third-order valence-corrected chi connectivity index (χ3v) is 5.79. The molecular weight excluding hydrogens is 300 g/mol. The highest BCUT2D eigenvalue weighted by Gasteiger charge is 2.09. The van der Waals surface area contributed by atoms with Gasteiger partial charge in [-0.1, -0.05) is 70.1 Å². The van der Waals surface area contributed by atoms with Crippen LogP contribution in [0.15, 0.2) is 0 Å². The topological polar surface area (TPSA) is 20.2 Å². The van der Waals surface area contributed by atoms with Crippen LogP contribution in [0, 0.1) is 17.8 Å². The highest BCUT2D eigenvalue weighted by molar-refractivity contribution is 7.99. The quantitative estimate of drug-likeness (QED) is 0.319. The van der Waals surface area contributed by atoms with E-state index in [4.69, 9.17) is 5.11 Å². The molecule has 0 aromatic heterocycles. The third-order valence-electron chi connectivity index (χ3n) is 4.74. The van der Waals surface area contributed by atoms with Crippen LogP contribution in [0.25, 0.3) is 0 Å². The molecule has 0 aromatic carbocycles. The summed E-state index contributed by atoms with van der Waals surface area (Å²) in [6, 6.07) is 0. The molecule has 23 heavy (non-hydrogen) atoms. The average molecular weight is 339 g/mol. The summed E-state index contributed by atoms with van der Waals surface area (Å²) >= 11 is 1.88. The van der Waals surface area contributed by atoms with Gasteiger partial charge in [-0.3, -0.25) is 0 Å². The van der Waals surface area contributed by atoms with E-state index in [-0.39, 0.29) is 0 Å². The van der Waals surface area contributed by atoms with Gasteiger partial charge >= 0.3 is 0 Å². The van der Waals surface area contributed by atoms with E-state index >= 15 is 0 Å². The van der Waals surface area contributed by atoms with Crippen molar-refractivity contribution in [2.45, 2.75) is 96.3 Å². The molecule has 0 amide bonds. The van der Waals surface area contributed by atoms with Crippen molar-refractivity contribution in [1.29, 1.82) is 0 Å². The summed E-state index contributed by atoms with van der Waals surface area (Å²) in [5, 5.41) is 8.69. The smallest absolute Gasteiger partial charge is 0.0521 e. The van der Waals surface area contributed by atoms with E-state index in [9.17, 15) is 0 Å². The number of rotatable bonds is 13. The molecule has 0 bridgehead atoms. The molecule has 1 saturated carbocycles. The van der Waals surface area contributed by atoms with Gasteiger partial charge in [0.1, 0.15) is 0 Å². The summed E-state index contributed by atoms with van der Waals surface area (Å²) in [6.45, 7) is 0.330. The predicted molar refractivity (Wildman–Crippen MR) is 105 cm³/mol. The minimum atomic E-state index is 0.330. The monoisotopic (exact) mass is 338 g/mol. The van der Waals surface area contributed by atoms with Crippen LogP contribution in [0.1, 0.15) is 96.3 Å². The van der Waals surface area contributed by atoms with Crippen molar-refractivity contribution in [3.8, 4) is 11.8 Å². The Morgan fingerprint density at radius 2 is 1.35 bits per heavy atom. The molecule has 0 aromatic rings. The van der Waals surface area contributed by atoms with Gasteiger partial charge in [-0.15, -0.1) is 5.92 Å². The van der Waals surface area contributed by atoms with Crippen molar-refractivity contribution >= 4 is 11.8 Å². The van der Waals surface area contributed by atoms with E-state index in [0.29, 0.717) is 6.61 Å². The molecule has 0 radical (unpaired) electrons. The first-order valence-electron chi connectivity index (χ1n) is 10.1. The van der Waals surface area contributed by atoms with Gasteiger partial charge in [0.15, 0.2) is 0 Å². The third kappa shape index (κ3) is 14.0. The van der Waals surface area contributed by atoms with Crippen LogP contribution in [0.3, 0.4) is 0 Å². The lowest BCUT2D eigenvalue weighted by Gasteiger charge is -2.15. The van der Waals surface area contributed by atoms with Gasteiger partial charge in [0.25, 0.3) is 0 Å². The van der Waals surface area contributed by atoms with E-state index < -0.39 is 0 Å². The number of hydrogen-bond donors (Lipinski definition) is 1. The van der Waals surface area contributed by atoms with E-state index in [0.717, 1.165) is 18.1 Å². The molecule has 0 spiro atoms. The van der Waals surface area contributed by atoms with Crippen LogP contribution in [-0.4, -0.2) is 23.2 Å². The van der Waals surface area contributed by atoms with Crippen molar-refractivity contribution in [1.82, 2.24) is 0 Å². The lowest BCUT2D eigenvalue weighted by Crippen LogP contribution is -2.02. The Hall–Kier alpha value is -0.130. The molecule has 0 unspecified atom stereocenters. The van der Waals surface area contributed by atoms with Gasteiger partial charge in [-0.05, 0) is 31.4 Å². The summed E-state index contributed by atoms with van der Waals surface area (Å²) in [5.74, 6) is 9.79. The zero-order chi connectivity index (χ0) is 16.4. The number of aliphatic hydroxyl groups excluding tert-OH is 1. The first kappa shape index (κ1) is 20.9. The summed E-state index contributed by atoms with van der Waals surface area (Å²) in [7, 11) is 0. The van der Waals surface area contributed by atoms with Crippen LogP contribution in [0.4, 0.5) is 0 Å². The highest BCUT2D eigenvalue weighted by atomic mass is 32.2. The zero-order valence-corrected chi connectivity index (χ0v) is 16.0. The number of unbranched alkanes of at least 4 members (excludes halogenated alkanes) is 9. The molecule has 0 atom stereocenters. The molecule has 1 aliphatic rings. The molecule has 0 saturated heterocycles. The molecule has 1 aliphatic carbocycles. The Morgan fingerprint density at radius 1 is 0.739 bits per heavy atom. The fourth-order valence-corrected chi connectivity index (χ4v) is 4.03. The van der Waals surface area contributed by atoms with E-state index in [1.807, 2.05) is 11.8 Å². The second-order valence-electron chi connectivity index (χ2n) is 6.92. The summed E-state index contributed by atoms with van der Waals surface area (Å²) < 4.78 is 0. The van der Waals surface area contributed by atoms with Crippen molar-refractivity contribution in [3.63, 3.8) is 0 Å². The Labute approximate surface area is 149 Å². The predicted octanol–water partition coefficient (Wildman–Crippen LogP) is 6.20. The van der Waals surface area contributed by atoms with Gasteiger partial charge in [-0.25, -0.2) is 0 Å². The molecule has 134 valence electrons. The Morgan fingerprint density at radius 3 is 2.00 bits per heavy atom. The van der Waals surface area contributed by atoms with Gasteiger partial charge < -0.3 is 5.11 Å².